The van der Waals surface area contributed by atoms with Crippen LogP contribution in [0.3, 0.4) is 0 Å². The Balaban J connectivity index is 1.71. The summed E-state index contributed by atoms with van der Waals surface area (Å²) < 4.78 is 5.06. The van der Waals surface area contributed by atoms with E-state index in [4.69, 9.17) is 4.74 Å². The summed E-state index contributed by atoms with van der Waals surface area (Å²) in [6.45, 7) is 0.268. The summed E-state index contributed by atoms with van der Waals surface area (Å²) in [4.78, 5) is 26.4. The van der Waals surface area contributed by atoms with Crippen LogP contribution in [0, 0.1) is 0 Å². The van der Waals surface area contributed by atoms with Crippen LogP contribution in [0.2, 0.25) is 0 Å². The second-order valence-electron chi connectivity index (χ2n) is 4.94. The highest BCUT2D eigenvalue weighted by Crippen LogP contribution is 2.20. The number of nitrogens with zero attached hydrogens (tertiary/aromatic N) is 1. The Morgan fingerprint density at radius 3 is 2.76 bits per heavy atom. The van der Waals surface area contributed by atoms with Gasteiger partial charge in [0.05, 0.1) is 12.5 Å². The molecule has 0 spiro atoms. The predicted molar refractivity (Wildman–Crippen MR) is 80.2 cm³/mol. The Kier molecular flexibility index (Phi) is 4.01. The highest BCUT2D eigenvalue weighted by Gasteiger charge is 2.37. The van der Waals surface area contributed by atoms with E-state index >= 15 is 0 Å². The lowest BCUT2D eigenvalue weighted by molar-refractivity contribution is -0.128. The molecule has 0 N–H and O–H groups in total. The fraction of sp³-hybridized carbons (Fsp3) is 0.250. The maximum Gasteiger partial charge on any atom is 0.416 e. The van der Waals surface area contributed by atoms with Crippen molar-refractivity contribution in [2.24, 2.45) is 0 Å². The van der Waals surface area contributed by atoms with E-state index in [1.807, 2.05) is 47.8 Å². The molecule has 1 aromatic carbocycles. The van der Waals surface area contributed by atoms with Crippen molar-refractivity contribution in [3.63, 3.8) is 0 Å². The van der Waals surface area contributed by atoms with Gasteiger partial charge in [0, 0.05) is 4.88 Å². The van der Waals surface area contributed by atoms with Crippen LogP contribution in [-0.4, -0.2) is 29.5 Å². The van der Waals surface area contributed by atoms with Gasteiger partial charge in [0.25, 0.3) is 0 Å². The number of imide groups is 1. The minimum atomic E-state index is -0.530. The number of hydrogen-bond donors (Lipinski definition) is 0. The molecule has 21 heavy (non-hydrogen) atoms. The highest BCUT2D eigenvalue weighted by atomic mass is 32.1. The molecule has 0 saturated carbocycles. The first-order valence-electron chi connectivity index (χ1n) is 6.79. The molecule has 1 aliphatic heterocycles. The number of ether oxygens (including phenoxy) is 1. The summed E-state index contributed by atoms with van der Waals surface area (Å²) in [5, 5.41) is 1.92. The van der Waals surface area contributed by atoms with Crippen LogP contribution in [-0.2, 0) is 22.4 Å². The molecule has 0 aliphatic carbocycles. The number of amides is 2. The lowest BCUT2D eigenvalue weighted by atomic mass is 10.1. The van der Waals surface area contributed by atoms with Crippen molar-refractivity contribution in [1.29, 1.82) is 0 Å². The minimum Gasteiger partial charge on any atom is -0.447 e. The van der Waals surface area contributed by atoms with Gasteiger partial charge in [0.1, 0.15) is 6.61 Å². The van der Waals surface area contributed by atoms with Gasteiger partial charge in [0.2, 0.25) is 5.91 Å². The first kappa shape index (κ1) is 13.8. The number of thiophene rings is 1. The topological polar surface area (TPSA) is 46.6 Å². The van der Waals surface area contributed by atoms with Gasteiger partial charge in [0.15, 0.2) is 0 Å². The SMILES string of the molecule is O=C(Cc1cccs1)N1C(=O)OC[C@@H]1Cc1ccccc1. The third-order valence-electron chi connectivity index (χ3n) is 3.45. The maximum atomic E-state index is 12.4. The Bertz CT molecular complexity index is 624. The van der Waals surface area contributed by atoms with Crippen molar-refractivity contribution in [3.05, 3.63) is 58.3 Å². The maximum absolute atomic E-state index is 12.4. The summed E-state index contributed by atoms with van der Waals surface area (Å²) in [5.74, 6) is -0.194. The van der Waals surface area contributed by atoms with Gasteiger partial charge in [-0.25, -0.2) is 9.69 Å². The molecule has 0 unspecified atom stereocenters. The normalized spacial score (nSPS) is 17.8. The fourth-order valence-corrected chi connectivity index (χ4v) is 3.15. The molecule has 1 aromatic heterocycles. The summed E-state index contributed by atoms with van der Waals surface area (Å²) in [6.07, 6.45) is 0.346. The highest BCUT2D eigenvalue weighted by molar-refractivity contribution is 7.10. The summed E-state index contributed by atoms with van der Waals surface area (Å²) in [6, 6.07) is 13.4. The Hall–Kier alpha value is -2.14. The number of rotatable bonds is 4. The first-order valence-corrected chi connectivity index (χ1v) is 7.67. The molecular formula is C16H15NO3S. The average molecular weight is 301 g/mol. The average Bonchev–Trinajstić information content (AvgIpc) is 3.10. The van der Waals surface area contributed by atoms with E-state index in [-0.39, 0.29) is 25.0 Å². The van der Waals surface area contributed by atoms with Crippen molar-refractivity contribution >= 4 is 23.3 Å². The van der Waals surface area contributed by atoms with Crippen LogP contribution >= 0.6 is 11.3 Å². The molecule has 4 nitrogen and oxygen atoms in total. The number of hydrogen-bond acceptors (Lipinski definition) is 4. The van der Waals surface area contributed by atoms with Crippen LogP contribution in [0.15, 0.2) is 47.8 Å². The molecule has 0 bridgehead atoms. The Morgan fingerprint density at radius 2 is 2.05 bits per heavy atom. The zero-order valence-corrected chi connectivity index (χ0v) is 12.2. The zero-order valence-electron chi connectivity index (χ0n) is 11.4. The van der Waals surface area contributed by atoms with Crippen molar-refractivity contribution < 1.29 is 14.3 Å². The quantitative estimate of drug-likeness (QED) is 0.872. The number of benzene rings is 1. The molecule has 5 heteroatoms. The lowest BCUT2D eigenvalue weighted by Gasteiger charge is -2.19. The van der Waals surface area contributed by atoms with Crippen molar-refractivity contribution in [3.8, 4) is 0 Å². The molecule has 1 atom stereocenters. The lowest BCUT2D eigenvalue weighted by Crippen LogP contribution is -2.41. The van der Waals surface area contributed by atoms with E-state index in [1.54, 1.807) is 0 Å². The van der Waals surface area contributed by atoms with Crippen LogP contribution in [0.5, 0.6) is 0 Å². The van der Waals surface area contributed by atoms with Gasteiger partial charge in [-0.2, -0.15) is 0 Å². The predicted octanol–water partition coefficient (Wildman–Crippen LogP) is 2.88. The zero-order chi connectivity index (χ0) is 14.7. The van der Waals surface area contributed by atoms with Gasteiger partial charge >= 0.3 is 6.09 Å². The van der Waals surface area contributed by atoms with Crippen LogP contribution in [0.1, 0.15) is 10.4 Å². The first-order chi connectivity index (χ1) is 10.2. The molecule has 1 fully saturated rings. The van der Waals surface area contributed by atoms with Crippen LogP contribution in [0.4, 0.5) is 4.79 Å². The van der Waals surface area contributed by atoms with E-state index < -0.39 is 6.09 Å². The smallest absolute Gasteiger partial charge is 0.416 e. The van der Waals surface area contributed by atoms with Crippen molar-refractivity contribution in [2.75, 3.05) is 6.61 Å². The molecule has 0 radical (unpaired) electrons. The largest absolute Gasteiger partial charge is 0.447 e. The number of cyclic esters (lactones) is 1. The van der Waals surface area contributed by atoms with E-state index in [2.05, 4.69) is 0 Å². The Labute approximate surface area is 127 Å². The number of carbonyl (C=O) groups is 2. The van der Waals surface area contributed by atoms with E-state index in [1.165, 1.54) is 16.2 Å². The molecule has 3 rings (SSSR count). The van der Waals surface area contributed by atoms with Crippen molar-refractivity contribution in [1.82, 2.24) is 4.90 Å². The molecule has 2 amide bonds. The second kappa shape index (κ2) is 6.10. The molecule has 2 heterocycles. The van der Waals surface area contributed by atoms with Crippen LogP contribution < -0.4 is 0 Å². The minimum absolute atomic E-state index is 0.194. The van der Waals surface area contributed by atoms with Gasteiger partial charge in [-0.15, -0.1) is 11.3 Å². The number of carbonyl (C=O) groups excluding carboxylic acids is 2. The van der Waals surface area contributed by atoms with Gasteiger partial charge in [-0.1, -0.05) is 36.4 Å². The van der Waals surface area contributed by atoms with E-state index in [0.717, 1.165) is 10.4 Å². The third-order valence-corrected chi connectivity index (χ3v) is 4.33. The molecule has 1 aliphatic rings. The molecule has 1 saturated heterocycles. The Morgan fingerprint density at radius 1 is 1.24 bits per heavy atom. The molecule has 108 valence electrons. The monoisotopic (exact) mass is 301 g/mol. The summed E-state index contributed by atoms with van der Waals surface area (Å²) in [7, 11) is 0. The van der Waals surface area contributed by atoms with Gasteiger partial charge < -0.3 is 4.74 Å². The second-order valence-corrected chi connectivity index (χ2v) is 5.97. The van der Waals surface area contributed by atoms with Crippen LogP contribution in [0.25, 0.3) is 0 Å². The molecule has 2 aromatic rings. The fourth-order valence-electron chi connectivity index (χ4n) is 2.45. The summed E-state index contributed by atoms with van der Waals surface area (Å²) >= 11 is 1.52. The van der Waals surface area contributed by atoms with E-state index in [9.17, 15) is 9.59 Å². The van der Waals surface area contributed by atoms with Crippen molar-refractivity contribution in [2.45, 2.75) is 18.9 Å². The molecular weight excluding hydrogens is 286 g/mol. The standard InChI is InChI=1S/C16H15NO3S/c18-15(10-14-7-4-8-21-14)17-13(11-20-16(17)19)9-12-5-2-1-3-6-12/h1-8,13H,9-11H2/t13-/m0/s1. The third kappa shape index (κ3) is 3.13. The van der Waals surface area contributed by atoms with Gasteiger partial charge in [-0.05, 0) is 23.4 Å². The van der Waals surface area contributed by atoms with Gasteiger partial charge in [-0.3, -0.25) is 4.79 Å². The summed E-state index contributed by atoms with van der Waals surface area (Å²) in [5.41, 5.74) is 1.09. The van der Waals surface area contributed by atoms with E-state index in [0.29, 0.717) is 6.42 Å².